The highest BCUT2D eigenvalue weighted by Gasteiger charge is 2.41. The van der Waals surface area contributed by atoms with Crippen molar-refractivity contribution in [2.24, 2.45) is 0 Å². The van der Waals surface area contributed by atoms with Gasteiger partial charge in [-0.25, -0.2) is 0 Å². The van der Waals surface area contributed by atoms with Gasteiger partial charge < -0.3 is 10.3 Å². The van der Waals surface area contributed by atoms with Gasteiger partial charge in [-0.3, -0.25) is 4.79 Å². The zero-order valence-electron chi connectivity index (χ0n) is 10.3. The van der Waals surface area contributed by atoms with Crippen LogP contribution in [0.3, 0.4) is 0 Å². The summed E-state index contributed by atoms with van der Waals surface area (Å²) in [7, 11) is 0. The van der Waals surface area contributed by atoms with E-state index in [2.05, 4.69) is 16.6 Å². The molecule has 1 saturated carbocycles. The molecule has 1 aliphatic rings. The van der Waals surface area contributed by atoms with E-state index in [0.717, 1.165) is 23.0 Å². The van der Waals surface area contributed by atoms with E-state index in [1.54, 1.807) is 0 Å². The number of H-pyrrole nitrogens is 1. The molecule has 1 aliphatic carbocycles. The molecule has 0 unspecified atom stereocenters. The Morgan fingerprint density at radius 2 is 2.28 bits per heavy atom. The predicted molar refractivity (Wildman–Crippen MR) is 76.1 cm³/mol. The molecule has 1 heterocycles. The molecule has 1 amide bonds. The fourth-order valence-corrected chi connectivity index (χ4v) is 2.93. The Morgan fingerprint density at radius 3 is 3.00 bits per heavy atom. The highest BCUT2D eigenvalue weighted by atomic mass is 32.2. The topological polar surface area (TPSA) is 44.9 Å². The average Bonchev–Trinajstić information content (AvgIpc) is 3.03. The lowest BCUT2D eigenvalue weighted by atomic mass is 10.1. The molecule has 3 nitrogen and oxygen atoms in total. The quantitative estimate of drug-likeness (QED) is 0.888. The largest absolute Gasteiger partial charge is 0.361 e. The van der Waals surface area contributed by atoms with Crippen molar-refractivity contribution in [3.05, 3.63) is 36.0 Å². The van der Waals surface area contributed by atoms with Gasteiger partial charge in [-0.05, 0) is 31.2 Å². The third kappa shape index (κ3) is 2.01. The molecule has 4 heteroatoms. The number of carbonyl (C=O) groups is 1. The molecule has 1 fully saturated rings. The minimum Gasteiger partial charge on any atom is -0.361 e. The summed E-state index contributed by atoms with van der Waals surface area (Å²) in [6, 6.07) is 7.78. The number of carbonyl (C=O) groups excluding carboxylic acids is 1. The lowest BCUT2D eigenvalue weighted by Crippen LogP contribution is -2.31. The van der Waals surface area contributed by atoms with Crippen LogP contribution in [0, 0.1) is 0 Å². The van der Waals surface area contributed by atoms with Crippen LogP contribution in [0.15, 0.2) is 30.5 Å². The fraction of sp³-hybridized carbons (Fsp3) is 0.357. The highest BCUT2D eigenvalue weighted by molar-refractivity contribution is 8.00. The molecule has 0 bridgehead atoms. The number of para-hydroxylation sites is 1. The molecule has 0 aliphatic heterocycles. The minimum atomic E-state index is 0.0170. The highest BCUT2D eigenvalue weighted by Crippen LogP contribution is 2.46. The summed E-state index contributed by atoms with van der Waals surface area (Å²) in [5.74, 6) is 0.0170. The molecule has 0 saturated heterocycles. The zero-order chi connectivity index (χ0) is 12.6. The lowest BCUT2D eigenvalue weighted by Gasteiger charge is -2.13. The number of fused-ring (bicyclic) bond motifs is 1. The molecule has 18 heavy (non-hydrogen) atoms. The summed E-state index contributed by atoms with van der Waals surface area (Å²) in [5, 5.41) is 4.13. The number of hydrogen-bond acceptors (Lipinski definition) is 2. The number of aromatic amines is 1. The number of benzene rings is 1. The minimum absolute atomic E-state index is 0.0170. The normalized spacial score (nSPS) is 16.7. The molecule has 2 aromatic rings. The first-order valence-electron chi connectivity index (χ1n) is 6.14. The Balaban J connectivity index is 1.78. The van der Waals surface area contributed by atoms with Crippen LogP contribution in [0.5, 0.6) is 0 Å². The molecule has 3 rings (SSSR count). The summed E-state index contributed by atoms with van der Waals surface area (Å²) in [6.07, 6.45) is 6.40. The van der Waals surface area contributed by atoms with E-state index >= 15 is 0 Å². The molecular weight excluding hydrogens is 244 g/mol. The molecule has 0 radical (unpaired) electrons. The van der Waals surface area contributed by atoms with Crippen molar-refractivity contribution in [2.75, 3.05) is 12.8 Å². The Morgan fingerprint density at radius 1 is 1.44 bits per heavy atom. The number of amides is 1. The van der Waals surface area contributed by atoms with Crippen molar-refractivity contribution in [1.82, 2.24) is 10.3 Å². The first-order chi connectivity index (χ1) is 8.74. The second-order valence-corrected chi connectivity index (χ2v) is 6.09. The standard InChI is InChI=1S/C14H16N2OS/c1-18-14(6-7-14)9-16-13(17)11-4-2-3-10-5-8-15-12(10)11/h2-5,8,15H,6-7,9H2,1H3,(H,16,17). The van der Waals surface area contributed by atoms with Gasteiger partial charge >= 0.3 is 0 Å². The van der Waals surface area contributed by atoms with Gasteiger partial charge in [0.15, 0.2) is 0 Å². The third-order valence-electron chi connectivity index (χ3n) is 3.64. The van der Waals surface area contributed by atoms with Crippen LogP contribution in [0.25, 0.3) is 10.9 Å². The Labute approximate surface area is 110 Å². The van der Waals surface area contributed by atoms with Crippen LogP contribution >= 0.6 is 11.8 Å². The van der Waals surface area contributed by atoms with Crippen LogP contribution in [0.1, 0.15) is 23.2 Å². The van der Waals surface area contributed by atoms with Crippen molar-refractivity contribution in [1.29, 1.82) is 0 Å². The predicted octanol–water partition coefficient (Wildman–Crippen LogP) is 2.79. The molecule has 1 aromatic carbocycles. The Bertz CT molecular complexity index is 586. The van der Waals surface area contributed by atoms with E-state index in [0.29, 0.717) is 4.75 Å². The van der Waals surface area contributed by atoms with Crippen LogP contribution < -0.4 is 5.32 Å². The summed E-state index contributed by atoms with van der Waals surface area (Å²) >= 11 is 1.86. The fourth-order valence-electron chi connectivity index (χ4n) is 2.20. The van der Waals surface area contributed by atoms with Crippen LogP contribution in [0.4, 0.5) is 0 Å². The maximum absolute atomic E-state index is 12.2. The summed E-state index contributed by atoms with van der Waals surface area (Å²) in [5.41, 5.74) is 1.65. The number of aromatic nitrogens is 1. The van der Waals surface area contributed by atoms with Crippen LogP contribution in [0.2, 0.25) is 0 Å². The van der Waals surface area contributed by atoms with Gasteiger partial charge in [0.25, 0.3) is 5.91 Å². The second kappa shape index (κ2) is 4.35. The number of rotatable bonds is 4. The van der Waals surface area contributed by atoms with Gasteiger partial charge in [0, 0.05) is 22.9 Å². The van der Waals surface area contributed by atoms with E-state index in [1.807, 2.05) is 42.2 Å². The SMILES string of the molecule is CSC1(CNC(=O)c2cccc3cc[nH]c23)CC1. The van der Waals surface area contributed by atoms with Gasteiger partial charge in [-0.2, -0.15) is 11.8 Å². The van der Waals surface area contributed by atoms with E-state index in [4.69, 9.17) is 0 Å². The second-order valence-electron chi connectivity index (χ2n) is 4.82. The van der Waals surface area contributed by atoms with Crippen molar-refractivity contribution in [3.8, 4) is 0 Å². The number of thioether (sulfide) groups is 1. The molecule has 2 N–H and O–H groups in total. The summed E-state index contributed by atoms with van der Waals surface area (Å²) in [6.45, 7) is 0.768. The molecular formula is C14H16N2OS. The molecule has 0 spiro atoms. The van der Waals surface area contributed by atoms with Crippen molar-refractivity contribution >= 4 is 28.6 Å². The Hall–Kier alpha value is -1.42. The van der Waals surface area contributed by atoms with Crippen molar-refractivity contribution in [3.63, 3.8) is 0 Å². The van der Waals surface area contributed by atoms with E-state index < -0.39 is 0 Å². The maximum atomic E-state index is 12.2. The molecule has 94 valence electrons. The average molecular weight is 260 g/mol. The van der Waals surface area contributed by atoms with Gasteiger partial charge in [-0.1, -0.05) is 12.1 Å². The first-order valence-corrected chi connectivity index (χ1v) is 7.36. The van der Waals surface area contributed by atoms with Gasteiger partial charge in [0.2, 0.25) is 0 Å². The van der Waals surface area contributed by atoms with Gasteiger partial charge in [0.05, 0.1) is 11.1 Å². The van der Waals surface area contributed by atoms with Gasteiger partial charge in [0.1, 0.15) is 0 Å². The zero-order valence-corrected chi connectivity index (χ0v) is 11.1. The van der Waals surface area contributed by atoms with Crippen LogP contribution in [-0.2, 0) is 0 Å². The van der Waals surface area contributed by atoms with E-state index in [9.17, 15) is 4.79 Å². The van der Waals surface area contributed by atoms with Crippen LogP contribution in [-0.4, -0.2) is 28.4 Å². The lowest BCUT2D eigenvalue weighted by molar-refractivity contribution is 0.0954. The molecule has 0 atom stereocenters. The number of nitrogens with one attached hydrogen (secondary N) is 2. The molecule has 1 aromatic heterocycles. The number of hydrogen-bond donors (Lipinski definition) is 2. The van der Waals surface area contributed by atoms with Crippen molar-refractivity contribution < 1.29 is 4.79 Å². The first kappa shape index (κ1) is 11.7. The van der Waals surface area contributed by atoms with E-state index in [-0.39, 0.29) is 5.91 Å². The summed E-state index contributed by atoms with van der Waals surface area (Å²) in [4.78, 5) is 15.3. The Kier molecular flexibility index (Phi) is 2.82. The van der Waals surface area contributed by atoms with Crippen molar-refractivity contribution in [2.45, 2.75) is 17.6 Å². The van der Waals surface area contributed by atoms with E-state index in [1.165, 1.54) is 12.8 Å². The maximum Gasteiger partial charge on any atom is 0.253 e. The summed E-state index contributed by atoms with van der Waals surface area (Å²) < 4.78 is 0.305. The van der Waals surface area contributed by atoms with Gasteiger partial charge in [-0.15, -0.1) is 0 Å². The smallest absolute Gasteiger partial charge is 0.253 e. The monoisotopic (exact) mass is 260 g/mol. The third-order valence-corrected chi connectivity index (χ3v) is 5.06.